The second-order valence-corrected chi connectivity index (χ2v) is 4.85. The van der Waals surface area contributed by atoms with Gasteiger partial charge in [-0.1, -0.05) is 0 Å². The highest BCUT2D eigenvalue weighted by molar-refractivity contribution is 5.34. The van der Waals surface area contributed by atoms with Crippen LogP contribution < -0.4 is 5.32 Å². The van der Waals surface area contributed by atoms with Gasteiger partial charge in [-0.05, 0) is 32.9 Å². The third kappa shape index (κ3) is 3.79. The lowest BCUT2D eigenvalue weighted by Gasteiger charge is -2.23. The summed E-state index contributed by atoms with van der Waals surface area (Å²) in [4.78, 5) is 0. The number of hydrogen-bond acceptors (Lipinski definition) is 3. The molecule has 0 saturated carbocycles. The highest BCUT2D eigenvalue weighted by Gasteiger charge is 2.16. The topological polar surface area (TPSA) is 52.5 Å². The van der Waals surface area contributed by atoms with Gasteiger partial charge < -0.3 is 15.5 Å². The molecule has 1 aromatic carbocycles. The fourth-order valence-electron chi connectivity index (χ4n) is 1.31. The molecule has 0 fully saturated rings. The highest BCUT2D eigenvalue weighted by Crippen LogP contribution is 2.24. The lowest BCUT2D eigenvalue weighted by Crippen LogP contribution is -2.38. The van der Waals surface area contributed by atoms with Crippen LogP contribution in [0, 0.1) is 5.82 Å². The van der Waals surface area contributed by atoms with Crippen molar-refractivity contribution in [3.63, 3.8) is 0 Å². The van der Waals surface area contributed by atoms with Crippen molar-refractivity contribution in [2.24, 2.45) is 0 Å². The van der Waals surface area contributed by atoms with Gasteiger partial charge in [0.05, 0.1) is 6.10 Å². The Balaban J connectivity index is 2.70. The average molecular weight is 227 g/mol. The van der Waals surface area contributed by atoms with Gasteiger partial charge in [-0.2, -0.15) is 0 Å². The minimum absolute atomic E-state index is 0.114. The molecule has 16 heavy (non-hydrogen) atoms. The Bertz CT molecular complexity index is 361. The van der Waals surface area contributed by atoms with Crippen LogP contribution in [-0.2, 0) is 0 Å². The molecule has 0 amide bonds. The van der Waals surface area contributed by atoms with E-state index in [1.807, 2.05) is 20.8 Å². The third-order valence-electron chi connectivity index (χ3n) is 2.18. The number of hydrogen-bond donors (Lipinski definition) is 3. The van der Waals surface area contributed by atoms with E-state index in [-0.39, 0.29) is 11.3 Å². The summed E-state index contributed by atoms with van der Waals surface area (Å²) in [6.45, 7) is 6.24. The maximum atomic E-state index is 12.7. The SMILES string of the molecule is CC(C)(C)NCC(O)c1ccc(F)cc1O. The lowest BCUT2D eigenvalue weighted by atomic mass is 10.1. The summed E-state index contributed by atoms with van der Waals surface area (Å²) < 4.78 is 12.7. The first kappa shape index (κ1) is 12.9. The van der Waals surface area contributed by atoms with Crippen molar-refractivity contribution >= 4 is 0 Å². The van der Waals surface area contributed by atoms with Crippen LogP contribution in [0.15, 0.2) is 18.2 Å². The Morgan fingerprint density at radius 2 is 2.00 bits per heavy atom. The van der Waals surface area contributed by atoms with Crippen molar-refractivity contribution in [1.29, 1.82) is 0 Å². The van der Waals surface area contributed by atoms with Gasteiger partial charge in [0.2, 0.25) is 0 Å². The lowest BCUT2D eigenvalue weighted by molar-refractivity contribution is 0.160. The molecule has 0 bridgehead atoms. The van der Waals surface area contributed by atoms with Crippen molar-refractivity contribution in [2.45, 2.75) is 32.4 Å². The van der Waals surface area contributed by atoms with Gasteiger partial charge in [-0.25, -0.2) is 4.39 Å². The van der Waals surface area contributed by atoms with Gasteiger partial charge in [0.1, 0.15) is 11.6 Å². The van der Waals surface area contributed by atoms with E-state index in [9.17, 15) is 14.6 Å². The molecule has 0 heterocycles. The Kier molecular flexibility index (Phi) is 3.88. The molecule has 3 nitrogen and oxygen atoms in total. The molecule has 0 radical (unpaired) electrons. The van der Waals surface area contributed by atoms with E-state index in [4.69, 9.17) is 0 Å². The Labute approximate surface area is 94.9 Å². The molecule has 90 valence electrons. The summed E-state index contributed by atoms with van der Waals surface area (Å²) in [5.41, 5.74) is 0.217. The van der Waals surface area contributed by atoms with Crippen LogP contribution in [0.3, 0.4) is 0 Å². The van der Waals surface area contributed by atoms with Gasteiger partial charge in [-0.3, -0.25) is 0 Å². The molecule has 0 aliphatic rings. The van der Waals surface area contributed by atoms with Crippen LogP contribution in [-0.4, -0.2) is 22.3 Å². The number of phenols is 1. The molecule has 1 unspecified atom stereocenters. The van der Waals surface area contributed by atoms with E-state index < -0.39 is 11.9 Å². The zero-order valence-electron chi connectivity index (χ0n) is 9.79. The van der Waals surface area contributed by atoms with Gasteiger partial charge in [0.25, 0.3) is 0 Å². The number of rotatable bonds is 3. The largest absolute Gasteiger partial charge is 0.507 e. The van der Waals surface area contributed by atoms with Crippen LogP contribution in [0.2, 0.25) is 0 Å². The van der Waals surface area contributed by atoms with E-state index in [0.29, 0.717) is 12.1 Å². The van der Waals surface area contributed by atoms with E-state index in [0.717, 1.165) is 6.07 Å². The molecule has 4 heteroatoms. The molecule has 0 spiro atoms. The minimum atomic E-state index is -0.847. The molecule has 1 aromatic rings. The summed E-state index contributed by atoms with van der Waals surface area (Å²) in [6.07, 6.45) is -0.847. The first-order valence-electron chi connectivity index (χ1n) is 5.21. The summed E-state index contributed by atoms with van der Waals surface area (Å²) in [6, 6.07) is 3.60. The molecule has 0 saturated heterocycles. The molecule has 0 aliphatic heterocycles. The maximum absolute atomic E-state index is 12.7. The first-order valence-corrected chi connectivity index (χ1v) is 5.21. The number of phenolic OH excluding ortho intramolecular Hbond substituents is 1. The number of aromatic hydroxyl groups is 1. The zero-order valence-corrected chi connectivity index (χ0v) is 9.79. The highest BCUT2D eigenvalue weighted by atomic mass is 19.1. The molecule has 1 atom stereocenters. The van der Waals surface area contributed by atoms with E-state index >= 15 is 0 Å². The number of β-amino-alcohol motifs (C(OH)–C–C–N with tert-alkyl or cyclic N) is 1. The number of nitrogens with one attached hydrogen (secondary N) is 1. The molecular weight excluding hydrogens is 209 g/mol. The van der Waals surface area contributed by atoms with Gasteiger partial charge in [-0.15, -0.1) is 0 Å². The standard InChI is InChI=1S/C12H18FNO2/c1-12(2,3)14-7-11(16)9-5-4-8(13)6-10(9)15/h4-6,11,14-16H,7H2,1-3H3. The van der Waals surface area contributed by atoms with Gasteiger partial charge in [0, 0.05) is 23.7 Å². The van der Waals surface area contributed by atoms with Crippen molar-refractivity contribution < 1.29 is 14.6 Å². The number of aliphatic hydroxyl groups is 1. The van der Waals surface area contributed by atoms with Crippen molar-refractivity contribution in [3.05, 3.63) is 29.6 Å². The predicted octanol–water partition coefficient (Wildman–Crippen LogP) is 1.95. The van der Waals surface area contributed by atoms with Crippen LogP contribution in [0.1, 0.15) is 32.4 Å². The van der Waals surface area contributed by atoms with E-state index in [2.05, 4.69) is 5.32 Å². The molecule has 3 N–H and O–H groups in total. The fraction of sp³-hybridized carbons (Fsp3) is 0.500. The molecule has 0 aliphatic carbocycles. The average Bonchev–Trinajstić information content (AvgIpc) is 2.13. The number of benzene rings is 1. The first-order chi connectivity index (χ1) is 7.29. The summed E-state index contributed by atoms with van der Waals surface area (Å²) in [5.74, 6) is -0.736. The third-order valence-corrected chi connectivity index (χ3v) is 2.18. The van der Waals surface area contributed by atoms with E-state index in [1.165, 1.54) is 12.1 Å². The Morgan fingerprint density at radius 1 is 1.38 bits per heavy atom. The predicted molar refractivity (Wildman–Crippen MR) is 60.8 cm³/mol. The minimum Gasteiger partial charge on any atom is -0.507 e. The second kappa shape index (κ2) is 4.80. The van der Waals surface area contributed by atoms with Crippen LogP contribution in [0.25, 0.3) is 0 Å². The maximum Gasteiger partial charge on any atom is 0.126 e. The van der Waals surface area contributed by atoms with E-state index in [1.54, 1.807) is 0 Å². The van der Waals surface area contributed by atoms with Gasteiger partial charge >= 0.3 is 0 Å². The Morgan fingerprint density at radius 3 is 2.50 bits per heavy atom. The molecule has 1 rings (SSSR count). The summed E-state index contributed by atoms with van der Waals surface area (Å²) >= 11 is 0. The summed E-state index contributed by atoms with van der Waals surface area (Å²) in [5, 5.41) is 22.4. The van der Waals surface area contributed by atoms with Crippen LogP contribution >= 0.6 is 0 Å². The molecule has 0 aromatic heterocycles. The van der Waals surface area contributed by atoms with Gasteiger partial charge in [0.15, 0.2) is 0 Å². The number of aliphatic hydroxyl groups excluding tert-OH is 1. The monoisotopic (exact) mass is 227 g/mol. The van der Waals surface area contributed by atoms with Crippen LogP contribution in [0.4, 0.5) is 4.39 Å². The normalized spacial score (nSPS) is 13.8. The summed E-state index contributed by atoms with van der Waals surface area (Å²) in [7, 11) is 0. The number of halogens is 1. The van der Waals surface area contributed by atoms with Crippen LogP contribution in [0.5, 0.6) is 5.75 Å². The smallest absolute Gasteiger partial charge is 0.126 e. The fourth-order valence-corrected chi connectivity index (χ4v) is 1.31. The molecular formula is C12H18FNO2. The van der Waals surface area contributed by atoms with Crippen molar-refractivity contribution in [1.82, 2.24) is 5.32 Å². The quantitative estimate of drug-likeness (QED) is 0.739. The van der Waals surface area contributed by atoms with Crippen molar-refractivity contribution in [3.8, 4) is 5.75 Å². The Hall–Kier alpha value is -1.13. The zero-order chi connectivity index (χ0) is 12.3. The second-order valence-electron chi connectivity index (χ2n) is 4.85. The van der Waals surface area contributed by atoms with Crippen molar-refractivity contribution in [2.75, 3.05) is 6.54 Å².